The Bertz CT molecular complexity index is 699. The number of aromatic carboxylic acids is 1. The summed E-state index contributed by atoms with van der Waals surface area (Å²) in [5.74, 6) is 0.331. The molecule has 0 saturated heterocycles. The van der Waals surface area contributed by atoms with Crippen molar-refractivity contribution >= 4 is 23.2 Å². The number of carbonyl (C=O) groups excluding carboxylic acids is 1. The second-order valence-electron chi connectivity index (χ2n) is 5.06. The first-order valence-corrected chi connectivity index (χ1v) is 8.76. The summed E-state index contributed by atoms with van der Waals surface area (Å²) < 4.78 is 10.9. The van der Waals surface area contributed by atoms with E-state index in [0.717, 1.165) is 11.5 Å². The topological polar surface area (TPSA) is 97.8 Å². The predicted molar refractivity (Wildman–Crippen MR) is 93.3 cm³/mol. The Kier molecular flexibility index (Phi) is 7.21. The summed E-state index contributed by atoms with van der Waals surface area (Å²) in [5.41, 5.74) is -0.00185. The molecule has 2 rings (SSSR count). The Labute approximate surface area is 149 Å². The Morgan fingerprint density at radius 2 is 1.88 bits per heavy atom. The van der Waals surface area contributed by atoms with Crippen LogP contribution < -0.4 is 14.8 Å². The van der Waals surface area contributed by atoms with Crippen molar-refractivity contribution in [1.82, 2.24) is 10.3 Å². The van der Waals surface area contributed by atoms with E-state index >= 15 is 0 Å². The van der Waals surface area contributed by atoms with Crippen molar-refractivity contribution in [3.8, 4) is 11.5 Å². The normalized spacial score (nSPS) is 10.3. The van der Waals surface area contributed by atoms with Gasteiger partial charge in [0.2, 0.25) is 5.91 Å². The van der Waals surface area contributed by atoms with E-state index in [4.69, 9.17) is 14.6 Å². The fraction of sp³-hybridized carbons (Fsp3) is 0.353. The van der Waals surface area contributed by atoms with Gasteiger partial charge in [-0.3, -0.25) is 4.79 Å². The van der Waals surface area contributed by atoms with E-state index in [-0.39, 0.29) is 18.1 Å². The Balaban J connectivity index is 1.62. The largest absolute Gasteiger partial charge is 0.494 e. The van der Waals surface area contributed by atoms with Crippen LogP contribution in [0.4, 0.5) is 0 Å². The second-order valence-corrected chi connectivity index (χ2v) is 6.01. The molecular weight excluding hydrogens is 344 g/mol. The van der Waals surface area contributed by atoms with E-state index in [9.17, 15) is 9.59 Å². The van der Waals surface area contributed by atoms with Gasteiger partial charge in [-0.15, -0.1) is 11.3 Å². The lowest BCUT2D eigenvalue weighted by Gasteiger charge is -2.08. The van der Waals surface area contributed by atoms with Crippen LogP contribution in [-0.4, -0.2) is 35.2 Å². The number of carbonyl (C=O) groups is 2. The van der Waals surface area contributed by atoms with Gasteiger partial charge >= 0.3 is 5.97 Å². The number of nitrogens with zero attached hydrogens (tertiary/aromatic N) is 1. The standard InChI is InChI=1S/C17H20N2O5S/c1-2-23-12-5-7-13(8-6-12)24-9-3-4-15(20)18-10-16-19-14(11-25-16)17(21)22/h5-8,11H,2-4,9-10H2,1H3,(H,18,20)(H,21,22). The number of hydrogen-bond acceptors (Lipinski definition) is 6. The van der Waals surface area contributed by atoms with Gasteiger partial charge in [0.25, 0.3) is 0 Å². The minimum atomic E-state index is -1.07. The van der Waals surface area contributed by atoms with E-state index in [1.807, 2.05) is 31.2 Å². The van der Waals surface area contributed by atoms with Crippen molar-refractivity contribution in [3.05, 3.63) is 40.3 Å². The van der Waals surface area contributed by atoms with Gasteiger partial charge in [-0.1, -0.05) is 0 Å². The van der Waals surface area contributed by atoms with Crippen molar-refractivity contribution in [2.45, 2.75) is 26.3 Å². The molecule has 2 N–H and O–H groups in total. The van der Waals surface area contributed by atoms with Crippen LogP contribution >= 0.6 is 11.3 Å². The minimum absolute atomic E-state index is 0.00185. The molecule has 8 heteroatoms. The lowest BCUT2D eigenvalue weighted by atomic mass is 10.3. The summed E-state index contributed by atoms with van der Waals surface area (Å²) in [6.45, 7) is 3.21. The highest BCUT2D eigenvalue weighted by Gasteiger charge is 2.09. The Morgan fingerprint density at radius 1 is 1.20 bits per heavy atom. The SMILES string of the molecule is CCOc1ccc(OCCCC(=O)NCc2nc(C(=O)O)cs2)cc1. The molecule has 25 heavy (non-hydrogen) atoms. The molecule has 0 bridgehead atoms. The highest BCUT2D eigenvalue weighted by Crippen LogP contribution is 2.17. The number of rotatable bonds is 10. The number of carboxylic acid groups (broad SMARTS) is 1. The smallest absolute Gasteiger partial charge is 0.355 e. The molecule has 0 spiro atoms. The zero-order chi connectivity index (χ0) is 18.1. The monoisotopic (exact) mass is 364 g/mol. The molecule has 2 aromatic rings. The zero-order valence-corrected chi connectivity index (χ0v) is 14.7. The molecule has 0 aliphatic heterocycles. The molecule has 1 aromatic heterocycles. The van der Waals surface area contributed by atoms with Crippen LogP contribution in [0.3, 0.4) is 0 Å². The molecule has 0 fully saturated rings. The number of aromatic nitrogens is 1. The number of hydrogen-bond donors (Lipinski definition) is 2. The Morgan fingerprint density at radius 3 is 2.48 bits per heavy atom. The highest BCUT2D eigenvalue weighted by molar-refractivity contribution is 7.09. The molecule has 0 atom stereocenters. The molecule has 0 unspecified atom stereocenters. The first kappa shape index (κ1) is 18.7. The van der Waals surface area contributed by atoms with Gasteiger partial charge in [0, 0.05) is 11.8 Å². The summed E-state index contributed by atoms with van der Waals surface area (Å²) in [7, 11) is 0. The summed E-state index contributed by atoms with van der Waals surface area (Å²) in [5, 5.41) is 13.5. The van der Waals surface area contributed by atoms with Gasteiger partial charge in [0.05, 0.1) is 19.8 Å². The van der Waals surface area contributed by atoms with Gasteiger partial charge in [0.1, 0.15) is 16.5 Å². The number of amides is 1. The van der Waals surface area contributed by atoms with Crippen molar-refractivity contribution in [2.24, 2.45) is 0 Å². The van der Waals surface area contributed by atoms with Crippen molar-refractivity contribution in [2.75, 3.05) is 13.2 Å². The quantitative estimate of drug-likeness (QED) is 0.629. The molecule has 134 valence electrons. The molecule has 1 heterocycles. The zero-order valence-electron chi connectivity index (χ0n) is 13.9. The third-order valence-electron chi connectivity index (χ3n) is 3.16. The van der Waals surface area contributed by atoms with E-state index in [1.54, 1.807) is 0 Å². The van der Waals surface area contributed by atoms with Crippen LogP contribution in [-0.2, 0) is 11.3 Å². The maximum Gasteiger partial charge on any atom is 0.355 e. The van der Waals surface area contributed by atoms with E-state index < -0.39 is 5.97 Å². The van der Waals surface area contributed by atoms with Gasteiger partial charge in [-0.05, 0) is 37.6 Å². The first-order valence-electron chi connectivity index (χ1n) is 7.88. The van der Waals surface area contributed by atoms with Gasteiger partial charge < -0.3 is 19.9 Å². The molecule has 0 aliphatic carbocycles. The van der Waals surface area contributed by atoms with Crippen molar-refractivity contribution in [1.29, 1.82) is 0 Å². The average molecular weight is 364 g/mol. The van der Waals surface area contributed by atoms with Gasteiger partial charge in [-0.25, -0.2) is 9.78 Å². The van der Waals surface area contributed by atoms with E-state index in [1.165, 1.54) is 16.7 Å². The van der Waals surface area contributed by atoms with Crippen LogP contribution in [0.5, 0.6) is 11.5 Å². The molecule has 0 aliphatic rings. The summed E-state index contributed by atoms with van der Waals surface area (Å²) in [6.07, 6.45) is 0.908. The van der Waals surface area contributed by atoms with Crippen LogP contribution in [0.2, 0.25) is 0 Å². The fourth-order valence-electron chi connectivity index (χ4n) is 1.97. The minimum Gasteiger partial charge on any atom is -0.494 e. The number of nitrogens with one attached hydrogen (secondary N) is 1. The Hall–Kier alpha value is -2.61. The van der Waals surface area contributed by atoms with Crippen molar-refractivity contribution in [3.63, 3.8) is 0 Å². The number of thiazole rings is 1. The average Bonchev–Trinajstić information content (AvgIpc) is 3.08. The molecule has 0 radical (unpaired) electrons. The number of carboxylic acids is 1. The lowest BCUT2D eigenvalue weighted by molar-refractivity contribution is -0.121. The van der Waals surface area contributed by atoms with Crippen LogP contribution in [0.25, 0.3) is 0 Å². The second kappa shape index (κ2) is 9.63. The third-order valence-corrected chi connectivity index (χ3v) is 4.01. The summed E-state index contributed by atoms with van der Waals surface area (Å²) in [6, 6.07) is 7.33. The maximum absolute atomic E-state index is 11.8. The van der Waals surface area contributed by atoms with Gasteiger partial charge in [-0.2, -0.15) is 0 Å². The molecule has 1 aromatic carbocycles. The maximum atomic E-state index is 11.8. The van der Waals surface area contributed by atoms with E-state index in [2.05, 4.69) is 10.3 Å². The third kappa shape index (κ3) is 6.42. The van der Waals surface area contributed by atoms with Crippen LogP contribution in [0.1, 0.15) is 35.3 Å². The number of ether oxygens (including phenoxy) is 2. The molecule has 1 amide bonds. The van der Waals surface area contributed by atoms with Gasteiger partial charge in [0.15, 0.2) is 5.69 Å². The van der Waals surface area contributed by atoms with Crippen molar-refractivity contribution < 1.29 is 24.2 Å². The van der Waals surface area contributed by atoms with Crippen LogP contribution in [0.15, 0.2) is 29.6 Å². The predicted octanol–water partition coefficient (Wildman–Crippen LogP) is 2.72. The molecule has 7 nitrogen and oxygen atoms in total. The first-order chi connectivity index (χ1) is 12.1. The van der Waals surface area contributed by atoms with E-state index in [0.29, 0.717) is 31.1 Å². The summed E-state index contributed by atoms with van der Waals surface area (Å²) >= 11 is 1.21. The fourth-order valence-corrected chi connectivity index (χ4v) is 2.68. The molecular formula is C17H20N2O5S. The summed E-state index contributed by atoms with van der Waals surface area (Å²) in [4.78, 5) is 26.4. The lowest BCUT2D eigenvalue weighted by Crippen LogP contribution is -2.23. The highest BCUT2D eigenvalue weighted by atomic mass is 32.1. The van der Waals surface area contributed by atoms with Crippen LogP contribution in [0, 0.1) is 0 Å². The number of benzene rings is 1. The molecule has 0 saturated carbocycles.